The minimum absolute atomic E-state index is 0.349. The molecule has 2 rings (SSSR count). The smallest absolute Gasteiger partial charge is 0.343 e. The van der Waals surface area contributed by atoms with E-state index in [1.807, 2.05) is 44.4 Å². The van der Waals surface area contributed by atoms with Crippen LogP contribution in [0, 0.1) is 0 Å². The number of rotatable bonds is 4. The van der Waals surface area contributed by atoms with E-state index in [1.165, 1.54) is 0 Å². The third-order valence-electron chi connectivity index (χ3n) is 2.63. The summed E-state index contributed by atoms with van der Waals surface area (Å²) in [6, 6.07) is 9.65. The lowest BCUT2D eigenvalue weighted by molar-refractivity contribution is 0.0527. The summed E-state index contributed by atoms with van der Waals surface area (Å²) in [5.41, 5.74) is 1.37. The number of para-hydroxylation sites is 1. The van der Waals surface area contributed by atoms with Crippen LogP contribution < -0.4 is 4.90 Å². The second kappa shape index (κ2) is 5.56. The number of benzene rings is 1. The van der Waals surface area contributed by atoms with Crippen LogP contribution in [0.3, 0.4) is 0 Å². The molecule has 0 saturated heterocycles. The Morgan fingerprint density at radius 2 is 2.00 bits per heavy atom. The van der Waals surface area contributed by atoms with Crippen LogP contribution in [0.4, 0.5) is 5.82 Å². The highest BCUT2D eigenvalue weighted by Gasteiger charge is 2.19. The molecule has 0 radical (unpaired) electrons. The number of esters is 1. The van der Waals surface area contributed by atoms with Crippen molar-refractivity contribution in [2.24, 2.45) is 0 Å². The maximum absolute atomic E-state index is 11.9. The van der Waals surface area contributed by atoms with Gasteiger partial charge in [-0.3, -0.25) is 0 Å². The molecule has 0 unspecified atom stereocenters. The fraction of sp³-hybridized carbons (Fsp3) is 0.286. The largest absolute Gasteiger partial charge is 0.462 e. The van der Waals surface area contributed by atoms with Crippen molar-refractivity contribution in [1.82, 2.24) is 9.78 Å². The molecule has 100 valence electrons. The molecule has 0 fully saturated rings. The molecule has 1 heterocycles. The molecular formula is C14H17N3O2. The third kappa shape index (κ3) is 2.76. The Balaban J connectivity index is 2.44. The van der Waals surface area contributed by atoms with Crippen LogP contribution >= 0.6 is 0 Å². The molecule has 0 bridgehead atoms. The standard InChI is InChI=1S/C14H17N3O2/c1-4-19-14(18)12-10-17(15-13(12)16(2)3)11-8-6-5-7-9-11/h5-10H,4H2,1-3H3. The van der Waals surface area contributed by atoms with Crippen molar-refractivity contribution in [3.63, 3.8) is 0 Å². The molecular weight excluding hydrogens is 242 g/mol. The Hall–Kier alpha value is -2.30. The number of hydrogen-bond acceptors (Lipinski definition) is 4. The van der Waals surface area contributed by atoms with Crippen LogP contribution in [0.25, 0.3) is 5.69 Å². The lowest BCUT2D eigenvalue weighted by Crippen LogP contribution is -2.14. The van der Waals surface area contributed by atoms with Gasteiger partial charge in [-0.2, -0.15) is 0 Å². The molecule has 1 aromatic heterocycles. The fourth-order valence-corrected chi connectivity index (χ4v) is 1.76. The molecule has 0 aliphatic carbocycles. The van der Waals surface area contributed by atoms with Gasteiger partial charge in [-0.15, -0.1) is 5.10 Å². The van der Waals surface area contributed by atoms with E-state index < -0.39 is 0 Å². The van der Waals surface area contributed by atoms with E-state index in [-0.39, 0.29) is 5.97 Å². The quantitative estimate of drug-likeness (QED) is 0.789. The summed E-state index contributed by atoms with van der Waals surface area (Å²) >= 11 is 0. The van der Waals surface area contributed by atoms with Gasteiger partial charge in [0.25, 0.3) is 0 Å². The molecule has 0 spiro atoms. The van der Waals surface area contributed by atoms with Gasteiger partial charge in [0.2, 0.25) is 0 Å². The molecule has 1 aromatic carbocycles. The number of hydrogen-bond donors (Lipinski definition) is 0. The molecule has 5 heteroatoms. The molecule has 0 atom stereocenters. The summed E-state index contributed by atoms with van der Waals surface area (Å²) in [7, 11) is 3.70. The van der Waals surface area contributed by atoms with Gasteiger partial charge >= 0.3 is 5.97 Å². The number of nitrogens with zero attached hydrogens (tertiary/aromatic N) is 3. The highest BCUT2D eigenvalue weighted by atomic mass is 16.5. The van der Waals surface area contributed by atoms with Gasteiger partial charge in [0.05, 0.1) is 12.3 Å². The first kappa shape index (κ1) is 13.1. The number of carbonyl (C=O) groups excluding carboxylic acids is 1. The van der Waals surface area contributed by atoms with E-state index in [1.54, 1.807) is 22.7 Å². The Kier molecular flexibility index (Phi) is 3.85. The number of carbonyl (C=O) groups is 1. The summed E-state index contributed by atoms with van der Waals surface area (Å²) < 4.78 is 6.73. The third-order valence-corrected chi connectivity index (χ3v) is 2.63. The van der Waals surface area contributed by atoms with Gasteiger partial charge in [0.15, 0.2) is 5.82 Å². The lowest BCUT2D eigenvalue weighted by atomic mass is 10.3. The SMILES string of the molecule is CCOC(=O)c1cn(-c2ccccc2)nc1N(C)C. The zero-order valence-corrected chi connectivity index (χ0v) is 11.3. The highest BCUT2D eigenvalue weighted by Crippen LogP contribution is 2.19. The maximum atomic E-state index is 11.9. The number of aromatic nitrogens is 2. The molecule has 2 aromatic rings. The molecule has 0 aliphatic rings. The predicted molar refractivity (Wildman–Crippen MR) is 73.8 cm³/mol. The van der Waals surface area contributed by atoms with Gasteiger partial charge in [-0.25, -0.2) is 9.48 Å². The Morgan fingerprint density at radius 3 is 2.58 bits per heavy atom. The minimum atomic E-state index is -0.353. The zero-order chi connectivity index (χ0) is 13.8. The van der Waals surface area contributed by atoms with E-state index in [0.29, 0.717) is 18.0 Å². The van der Waals surface area contributed by atoms with Crippen molar-refractivity contribution < 1.29 is 9.53 Å². The highest BCUT2D eigenvalue weighted by molar-refractivity contribution is 5.94. The molecule has 19 heavy (non-hydrogen) atoms. The van der Waals surface area contributed by atoms with E-state index in [9.17, 15) is 4.79 Å². The average Bonchev–Trinajstić information content (AvgIpc) is 2.85. The average molecular weight is 259 g/mol. The van der Waals surface area contributed by atoms with Gasteiger partial charge < -0.3 is 9.64 Å². The van der Waals surface area contributed by atoms with Crippen LogP contribution in [0.15, 0.2) is 36.5 Å². The summed E-state index contributed by atoms with van der Waals surface area (Å²) in [5, 5.41) is 4.43. The van der Waals surface area contributed by atoms with E-state index in [4.69, 9.17) is 4.74 Å². The van der Waals surface area contributed by atoms with Crippen LogP contribution in [0.5, 0.6) is 0 Å². The van der Waals surface area contributed by atoms with E-state index in [2.05, 4.69) is 5.10 Å². The summed E-state index contributed by atoms with van der Waals surface area (Å²) in [6.45, 7) is 2.14. The van der Waals surface area contributed by atoms with Crippen molar-refractivity contribution in [3.8, 4) is 5.69 Å². The van der Waals surface area contributed by atoms with E-state index >= 15 is 0 Å². The Morgan fingerprint density at radius 1 is 1.32 bits per heavy atom. The minimum Gasteiger partial charge on any atom is -0.462 e. The Labute approximate surface area is 112 Å². The molecule has 5 nitrogen and oxygen atoms in total. The van der Waals surface area contributed by atoms with Crippen molar-refractivity contribution in [1.29, 1.82) is 0 Å². The first-order valence-corrected chi connectivity index (χ1v) is 6.13. The lowest BCUT2D eigenvalue weighted by Gasteiger charge is -2.10. The monoisotopic (exact) mass is 259 g/mol. The first-order valence-electron chi connectivity index (χ1n) is 6.13. The van der Waals surface area contributed by atoms with Gasteiger partial charge in [0.1, 0.15) is 5.56 Å². The van der Waals surface area contributed by atoms with Gasteiger partial charge in [-0.1, -0.05) is 18.2 Å². The van der Waals surface area contributed by atoms with E-state index in [0.717, 1.165) is 5.69 Å². The van der Waals surface area contributed by atoms with Crippen LogP contribution in [0.2, 0.25) is 0 Å². The fourth-order valence-electron chi connectivity index (χ4n) is 1.76. The van der Waals surface area contributed by atoms with Crippen LogP contribution in [-0.2, 0) is 4.74 Å². The predicted octanol–water partition coefficient (Wildman–Crippen LogP) is 2.12. The zero-order valence-electron chi connectivity index (χ0n) is 11.3. The Bertz CT molecular complexity index is 561. The van der Waals surface area contributed by atoms with Gasteiger partial charge in [-0.05, 0) is 19.1 Å². The van der Waals surface area contributed by atoms with Crippen molar-refractivity contribution >= 4 is 11.8 Å². The maximum Gasteiger partial charge on any atom is 0.343 e. The van der Waals surface area contributed by atoms with Crippen molar-refractivity contribution in [2.75, 3.05) is 25.6 Å². The van der Waals surface area contributed by atoms with Crippen LogP contribution in [0.1, 0.15) is 17.3 Å². The van der Waals surface area contributed by atoms with Gasteiger partial charge in [0, 0.05) is 20.3 Å². The summed E-state index contributed by atoms with van der Waals surface area (Å²) in [6.07, 6.45) is 1.70. The van der Waals surface area contributed by atoms with Crippen LogP contribution in [-0.4, -0.2) is 36.5 Å². The number of ether oxygens (including phenoxy) is 1. The topological polar surface area (TPSA) is 47.4 Å². The second-order valence-corrected chi connectivity index (χ2v) is 4.26. The molecule has 0 saturated carbocycles. The summed E-state index contributed by atoms with van der Waals surface area (Å²) in [5.74, 6) is 0.246. The van der Waals surface area contributed by atoms with Crippen molar-refractivity contribution in [3.05, 3.63) is 42.1 Å². The van der Waals surface area contributed by atoms with Crippen molar-refractivity contribution in [2.45, 2.75) is 6.92 Å². The first-order chi connectivity index (χ1) is 9.13. The second-order valence-electron chi connectivity index (χ2n) is 4.26. The summed E-state index contributed by atoms with van der Waals surface area (Å²) in [4.78, 5) is 13.7. The molecule has 0 amide bonds. The number of anilines is 1. The molecule has 0 aliphatic heterocycles. The molecule has 0 N–H and O–H groups in total. The normalized spacial score (nSPS) is 10.3.